The van der Waals surface area contributed by atoms with Gasteiger partial charge in [0.15, 0.2) is 0 Å². The van der Waals surface area contributed by atoms with Gasteiger partial charge in [-0.25, -0.2) is 0 Å². The fourth-order valence-electron chi connectivity index (χ4n) is 3.51. The van der Waals surface area contributed by atoms with Crippen LogP contribution in [0.3, 0.4) is 0 Å². The Labute approximate surface area is 181 Å². The number of carbonyl (C=O) groups is 1. The van der Waals surface area contributed by atoms with Crippen molar-refractivity contribution in [3.8, 4) is 6.07 Å². The molecule has 0 aromatic heterocycles. The molecule has 162 valence electrons. The van der Waals surface area contributed by atoms with Gasteiger partial charge in [0, 0.05) is 0 Å². The van der Waals surface area contributed by atoms with Crippen molar-refractivity contribution in [2.45, 2.75) is 43.6 Å². The van der Waals surface area contributed by atoms with Crippen LogP contribution in [0.1, 0.15) is 44.4 Å². The molecule has 0 saturated carbocycles. The van der Waals surface area contributed by atoms with Crippen molar-refractivity contribution < 1.29 is 27.1 Å². The first kappa shape index (κ1) is 23.0. The molecule has 3 rings (SSSR count). The van der Waals surface area contributed by atoms with Crippen LogP contribution < -0.4 is 11.2 Å². The van der Waals surface area contributed by atoms with Gasteiger partial charge in [-0.1, -0.05) is 36.4 Å². The highest BCUT2D eigenvalue weighted by atomic mass is 32.2. The first-order chi connectivity index (χ1) is 14.3. The van der Waals surface area contributed by atoms with Crippen molar-refractivity contribution >= 4 is 28.6 Å². The number of primary amides is 1. The third-order valence-corrected chi connectivity index (χ3v) is 7.44. The molecule has 1 aliphatic heterocycles. The second kappa shape index (κ2) is 7.46. The van der Waals surface area contributed by atoms with Crippen LogP contribution in [0.2, 0.25) is 0 Å². The van der Waals surface area contributed by atoms with Crippen molar-refractivity contribution in [3.63, 3.8) is 0 Å². The van der Waals surface area contributed by atoms with E-state index >= 15 is 0 Å². The zero-order valence-electron chi connectivity index (χ0n) is 17.6. The molecular formula is C21H23BN2O6S. The Kier molecular flexibility index (Phi) is 5.53. The standard InChI is InChI=1S/C21H23BN2O6S/c1-19(2)20(3,4)30-22(29-19)17-11-9-16(10-12-17)21(18(24)25,31(26,27)28)15-7-5-14(13-23)6-8-15/h5-12H,1-4H3,(H2,24,25)(H,26,27,28). The maximum atomic E-state index is 12.5. The summed E-state index contributed by atoms with van der Waals surface area (Å²) in [6, 6.07) is 13.0. The Morgan fingerprint density at radius 3 is 1.77 bits per heavy atom. The molecule has 0 spiro atoms. The lowest BCUT2D eigenvalue weighted by atomic mass is 9.77. The minimum absolute atomic E-state index is 0.0486. The highest BCUT2D eigenvalue weighted by Gasteiger charge is 2.54. The molecule has 2 aromatic carbocycles. The van der Waals surface area contributed by atoms with Crippen LogP contribution in [0.4, 0.5) is 0 Å². The van der Waals surface area contributed by atoms with Crippen LogP contribution in [0, 0.1) is 11.3 Å². The van der Waals surface area contributed by atoms with Gasteiger partial charge in [-0.05, 0) is 56.4 Å². The molecule has 1 atom stereocenters. The number of nitrogens with two attached hydrogens (primary N) is 1. The van der Waals surface area contributed by atoms with Crippen LogP contribution in [0.25, 0.3) is 0 Å². The van der Waals surface area contributed by atoms with E-state index in [-0.39, 0.29) is 16.7 Å². The highest BCUT2D eigenvalue weighted by molar-refractivity contribution is 7.87. The minimum Gasteiger partial charge on any atom is -0.399 e. The Balaban J connectivity index is 2.11. The Hall–Kier alpha value is -2.71. The number of rotatable bonds is 5. The summed E-state index contributed by atoms with van der Waals surface area (Å²) in [4.78, 5) is 12.5. The summed E-state index contributed by atoms with van der Waals surface area (Å²) in [5.74, 6) is -1.27. The smallest absolute Gasteiger partial charge is 0.399 e. The number of benzene rings is 2. The van der Waals surface area contributed by atoms with Crippen LogP contribution >= 0.6 is 0 Å². The third kappa shape index (κ3) is 3.64. The van der Waals surface area contributed by atoms with Crippen molar-refractivity contribution in [1.82, 2.24) is 0 Å². The van der Waals surface area contributed by atoms with Gasteiger partial charge in [0.1, 0.15) is 0 Å². The number of nitrogens with zero attached hydrogens (tertiary/aromatic N) is 1. The van der Waals surface area contributed by atoms with Gasteiger partial charge in [0.05, 0.1) is 22.8 Å². The van der Waals surface area contributed by atoms with Crippen LogP contribution in [0.15, 0.2) is 48.5 Å². The molecule has 3 N–H and O–H groups in total. The molecule has 8 nitrogen and oxygen atoms in total. The number of amides is 1. The first-order valence-electron chi connectivity index (χ1n) is 9.50. The predicted molar refractivity (Wildman–Crippen MR) is 115 cm³/mol. The average Bonchev–Trinajstić information content (AvgIpc) is 2.89. The van der Waals surface area contributed by atoms with Gasteiger partial charge in [-0.2, -0.15) is 13.7 Å². The molecule has 0 aliphatic carbocycles. The van der Waals surface area contributed by atoms with Crippen molar-refractivity contribution in [1.29, 1.82) is 5.26 Å². The molecule has 1 amide bonds. The molecule has 10 heteroatoms. The minimum atomic E-state index is -5.04. The van der Waals surface area contributed by atoms with Gasteiger partial charge < -0.3 is 15.0 Å². The fraction of sp³-hybridized carbons (Fsp3) is 0.333. The predicted octanol–water partition coefficient (Wildman–Crippen LogP) is 1.47. The van der Waals surface area contributed by atoms with Gasteiger partial charge in [-0.3, -0.25) is 9.35 Å². The molecule has 31 heavy (non-hydrogen) atoms. The van der Waals surface area contributed by atoms with Gasteiger partial charge in [0.25, 0.3) is 16.0 Å². The number of carbonyl (C=O) groups excluding carboxylic acids is 1. The average molecular weight is 442 g/mol. The lowest BCUT2D eigenvalue weighted by Gasteiger charge is -2.32. The molecule has 1 fully saturated rings. The van der Waals surface area contributed by atoms with E-state index < -0.39 is 39.1 Å². The quantitative estimate of drug-likeness (QED) is 0.528. The van der Waals surface area contributed by atoms with E-state index in [4.69, 9.17) is 20.3 Å². The summed E-state index contributed by atoms with van der Waals surface area (Å²) in [7, 11) is -5.73. The largest absolute Gasteiger partial charge is 0.494 e. The number of hydrogen-bond acceptors (Lipinski definition) is 6. The van der Waals surface area contributed by atoms with E-state index in [0.717, 1.165) is 0 Å². The first-order valence-corrected chi connectivity index (χ1v) is 10.9. The fourth-order valence-corrected chi connectivity index (χ4v) is 4.63. The van der Waals surface area contributed by atoms with Crippen molar-refractivity contribution in [3.05, 3.63) is 65.2 Å². The van der Waals surface area contributed by atoms with Crippen LogP contribution in [-0.4, -0.2) is 37.2 Å². The monoisotopic (exact) mass is 442 g/mol. The Morgan fingerprint density at radius 1 is 1.00 bits per heavy atom. The third-order valence-electron chi connectivity index (χ3n) is 6.00. The molecule has 1 unspecified atom stereocenters. The van der Waals surface area contributed by atoms with Crippen molar-refractivity contribution in [2.75, 3.05) is 0 Å². The lowest BCUT2D eigenvalue weighted by molar-refractivity contribution is -0.119. The molecular weight excluding hydrogens is 419 g/mol. The van der Waals surface area contributed by atoms with Gasteiger partial charge in [0.2, 0.25) is 4.75 Å². The van der Waals surface area contributed by atoms with E-state index in [1.807, 2.05) is 33.8 Å². The topological polar surface area (TPSA) is 140 Å². The normalized spacial score (nSPS) is 19.4. The van der Waals surface area contributed by atoms with Crippen molar-refractivity contribution in [2.24, 2.45) is 5.73 Å². The summed E-state index contributed by atoms with van der Waals surface area (Å²) in [6.45, 7) is 7.62. The summed E-state index contributed by atoms with van der Waals surface area (Å²) in [5.41, 5.74) is 5.14. The molecule has 0 bridgehead atoms. The summed E-state index contributed by atoms with van der Waals surface area (Å²) < 4.78 is 44.5. The highest BCUT2D eigenvalue weighted by Crippen LogP contribution is 2.39. The second-order valence-electron chi connectivity index (χ2n) is 8.42. The molecule has 1 saturated heterocycles. The van der Waals surface area contributed by atoms with Gasteiger partial charge in [-0.15, -0.1) is 0 Å². The molecule has 1 aliphatic rings. The molecule has 1 heterocycles. The summed E-state index contributed by atoms with van der Waals surface area (Å²) >= 11 is 0. The van der Waals surface area contributed by atoms with Crippen LogP contribution in [-0.2, 0) is 29.0 Å². The number of hydrogen-bond donors (Lipinski definition) is 2. The van der Waals surface area contributed by atoms with E-state index in [1.54, 1.807) is 12.1 Å². The lowest BCUT2D eigenvalue weighted by Crippen LogP contribution is -2.48. The Morgan fingerprint density at radius 2 is 1.42 bits per heavy atom. The maximum absolute atomic E-state index is 12.5. The molecule has 2 aromatic rings. The second-order valence-corrected chi connectivity index (χ2v) is 9.98. The maximum Gasteiger partial charge on any atom is 0.494 e. The van der Waals surface area contributed by atoms with E-state index in [9.17, 15) is 17.8 Å². The SMILES string of the molecule is CC1(C)OB(c2ccc(C(C(N)=O)(c3ccc(C#N)cc3)S(=O)(=O)O)cc2)OC1(C)C. The van der Waals surface area contributed by atoms with E-state index in [2.05, 4.69) is 0 Å². The van der Waals surface area contributed by atoms with E-state index in [1.165, 1.54) is 36.4 Å². The van der Waals surface area contributed by atoms with Gasteiger partial charge >= 0.3 is 7.12 Å². The van der Waals surface area contributed by atoms with E-state index in [0.29, 0.717) is 5.46 Å². The molecule has 0 radical (unpaired) electrons. The summed E-state index contributed by atoms with van der Waals surface area (Å²) in [5, 5.41) is 8.99. The summed E-state index contributed by atoms with van der Waals surface area (Å²) in [6.07, 6.45) is 0. The number of nitriles is 1. The Bertz CT molecular complexity index is 1140. The van der Waals surface area contributed by atoms with Crippen LogP contribution in [0.5, 0.6) is 0 Å². The zero-order chi connectivity index (χ0) is 23.2. The zero-order valence-corrected chi connectivity index (χ0v) is 18.4.